The topological polar surface area (TPSA) is 95.9 Å². The van der Waals surface area contributed by atoms with Crippen molar-refractivity contribution in [3.05, 3.63) is 85.1 Å². The van der Waals surface area contributed by atoms with E-state index >= 15 is 0 Å². The van der Waals surface area contributed by atoms with Crippen molar-refractivity contribution in [1.29, 1.82) is 0 Å². The van der Waals surface area contributed by atoms with Crippen molar-refractivity contribution in [3.63, 3.8) is 0 Å². The highest BCUT2D eigenvalue weighted by molar-refractivity contribution is 5.77. The van der Waals surface area contributed by atoms with Gasteiger partial charge in [0.05, 0.1) is 25.2 Å². The number of carbonyl (C=O) groups excluding carboxylic acids is 2. The Balaban J connectivity index is 4.69. The number of allylic oxidation sites excluding steroid dienone is 14. The van der Waals surface area contributed by atoms with Crippen molar-refractivity contribution < 1.29 is 24.5 Å². The Morgan fingerprint density at radius 3 is 1.54 bits per heavy atom. The summed E-state index contributed by atoms with van der Waals surface area (Å²) in [6.07, 6.45) is 62.1. The first-order valence-electron chi connectivity index (χ1n) is 25.3. The average molecular weight is 850 g/mol. The first kappa shape index (κ1) is 58.0. The lowest BCUT2D eigenvalue weighted by molar-refractivity contribution is -0.151. The number of aliphatic hydroxyl groups excluding tert-OH is 2. The molecule has 0 aliphatic rings. The molecule has 0 aromatic heterocycles. The zero-order valence-corrected chi connectivity index (χ0v) is 39.8. The SMILES string of the molecule is CC/C=C/C=C/C=C/CCCCCCCCCC(=O)OC(CCC/C=C/C/C=C/C/C=C/C/C=C/CC)CC(=O)NC(CO)C(O)CCCCCCCCCCCCCCC. The largest absolute Gasteiger partial charge is 0.462 e. The predicted molar refractivity (Wildman–Crippen MR) is 264 cm³/mol. The number of unbranched alkanes of at least 4 members (excludes halogenated alkanes) is 20. The lowest BCUT2D eigenvalue weighted by Crippen LogP contribution is -2.46. The number of amides is 1. The van der Waals surface area contributed by atoms with E-state index in [4.69, 9.17) is 4.74 Å². The van der Waals surface area contributed by atoms with Crippen molar-refractivity contribution in [2.45, 2.75) is 244 Å². The molecule has 6 heteroatoms. The van der Waals surface area contributed by atoms with Crippen LogP contribution in [0.2, 0.25) is 0 Å². The fourth-order valence-corrected chi connectivity index (χ4v) is 7.25. The first-order valence-corrected chi connectivity index (χ1v) is 25.3. The molecule has 0 aromatic carbocycles. The Morgan fingerprint density at radius 1 is 0.508 bits per heavy atom. The van der Waals surface area contributed by atoms with Crippen LogP contribution in [0.1, 0.15) is 226 Å². The average Bonchev–Trinajstić information content (AvgIpc) is 3.25. The van der Waals surface area contributed by atoms with Gasteiger partial charge in [-0.1, -0.05) is 221 Å². The van der Waals surface area contributed by atoms with E-state index in [1.54, 1.807) is 0 Å². The second-order valence-corrected chi connectivity index (χ2v) is 16.9. The molecule has 0 radical (unpaired) electrons. The second-order valence-electron chi connectivity index (χ2n) is 16.9. The molecule has 0 fully saturated rings. The monoisotopic (exact) mass is 850 g/mol. The Kier molecular flexibility index (Phi) is 45.7. The first-order chi connectivity index (χ1) is 30.0. The molecule has 0 spiro atoms. The minimum Gasteiger partial charge on any atom is -0.462 e. The van der Waals surface area contributed by atoms with Crippen LogP contribution in [-0.2, 0) is 14.3 Å². The van der Waals surface area contributed by atoms with Crippen LogP contribution >= 0.6 is 0 Å². The highest BCUT2D eigenvalue weighted by Crippen LogP contribution is 2.17. The summed E-state index contributed by atoms with van der Waals surface area (Å²) in [6, 6.07) is -0.725. The van der Waals surface area contributed by atoms with Gasteiger partial charge in [0, 0.05) is 6.42 Å². The van der Waals surface area contributed by atoms with E-state index in [1.165, 1.54) is 89.9 Å². The highest BCUT2D eigenvalue weighted by atomic mass is 16.5. The molecule has 350 valence electrons. The van der Waals surface area contributed by atoms with E-state index < -0.39 is 18.2 Å². The number of hydrogen-bond acceptors (Lipinski definition) is 5. The lowest BCUT2D eigenvalue weighted by atomic mass is 10.0. The number of esters is 1. The summed E-state index contributed by atoms with van der Waals surface area (Å²) in [5.41, 5.74) is 0. The minimum absolute atomic E-state index is 0.0310. The summed E-state index contributed by atoms with van der Waals surface area (Å²) in [7, 11) is 0. The van der Waals surface area contributed by atoms with E-state index in [2.05, 4.69) is 111 Å². The zero-order valence-electron chi connectivity index (χ0n) is 39.8. The second kappa shape index (κ2) is 48.1. The van der Waals surface area contributed by atoms with Crippen LogP contribution < -0.4 is 5.32 Å². The molecular formula is C55H95NO5. The Labute approximate surface area is 376 Å². The molecule has 3 atom stereocenters. The third-order valence-corrected chi connectivity index (χ3v) is 11.0. The maximum Gasteiger partial charge on any atom is 0.306 e. The smallest absolute Gasteiger partial charge is 0.306 e. The van der Waals surface area contributed by atoms with E-state index in [1.807, 2.05) is 0 Å². The van der Waals surface area contributed by atoms with Gasteiger partial charge in [0.15, 0.2) is 0 Å². The molecule has 6 nitrogen and oxygen atoms in total. The van der Waals surface area contributed by atoms with E-state index in [9.17, 15) is 19.8 Å². The molecule has 0 aliphatic carbocycles. The van der Waals surface area contributed by atoms with Crippen LogP contribution in [0, 0.1) is 0 Å². The summed E-state index contributed by atoms with van der Waals surface area (Å²) in [5, 5.41) is 23.7. The molecule has 0 heterocycles. The fraction of sp³-hybridized carbons (Fsp3) is 0.709. The van der Waals surface area contributed by atoms with Crippen LogP contribution in [0.25, 0.3) is 0 Å². The normalized spacial score (nSPS) is 14.0. The van der Waals surface area contributed by atoms with Gasteiger partial charge in [0.1, 0.15) is 6.10 Å². The van der Waals surface area contributed by atoms with Crippen LogP contribution in [0.5, 0.6) is 0 Å². The molecule has 0 bridgehead atoms. The van der Waals surface area contributed by atoms with Crippen molar-refractivity contribution in [1.82, 2.24) is 5.32 Å². The van der Waals surface area contributed by atoms with Crippen molar-refractivity contribution in [3.8, 4) is 0 Å². The molecule has 0 saturated carbocycles. The van der Waals surface area contributed by atoms with Crippen LogP contribution in [0.3, 0.4) is 0 Å². The van der Waals surface area contributed by atoms with E-state index in [-0.39, 0.29) is 24.9 Å². The number of ether oxygens (including phenoxy) is 1. The van der Waals surface area contributed by atoms with Crippen LogP contribution in [0.15, 0.2) is 85.1 Å². The van der Waals surface area contributed by atoms with Gasteiger partial charge in [-0.05, 0) is 77.0 Å². The van der Waals surface area contributed by atoms with E-state index in [0.717, 1.165) is 89.9 Å². The Morgan fingerprint density at radius 2 is 0.984 bits per heavy atom. The van der Waals surface area contributed by atoms with Crippen molar-refractivity contribution in [2.24, 2.45) is 0 Å². The quantitative estimate of drug-likeness (QED) is 0.0246. The summed E-state index contributed by atoms with van der Waals surface area (Å²) >= 11 is 0. The highest BCUT2D eigenvalue weighted by Gasteiger charge is 2.24. The van der Waals surface area contributed by atoms with Gasteiger partial charge in [-0.3, -0.25) is 9.59 Å². The molecule has 0 aliphatic heterocycles. The third-order valence-electron chi connectivity index (χ3n) is 11.0. The van der Waals surface area contributed by atoms with Crippen molar-refractivity contribution >= 4 is 11.9 Å². The molecule has 3 unspecified atom stereocenters. The molecule has 0 rings (SSSR count). The number of rotatable bonds is 44. The number of nitrogens with one attached hydrogen (secondary N) is 1. The molecule has 1 amide bonds. The summed E-state index contributed by atoms with van der Waals surface area (Å²) < 4.78 is 5.90. The summed E-state index contributed by atoms with van der Waals surface area (Å²) in [5.74, 6) is -0.547. The van der Waals surface area contributed by atoms with Gasteiger partial charge >= 0.3 is 5.97 Å². The third kappa shape index (κ3) is 43.5. The van der Waals surface area contributed by atoms with Crippen molar-refractivity contribution in [2.75, 3.05) is 6.61 Å². The Hall–Kier alpha value is -2.96. The van der Waals surface area contributed by atoms with Gasteiger partial charge in [0.25, 0.3) is 0 Å². The van der Waals surface area contributed by atoms with Gasteiger partial charge in [0.2, 0.25) is 5.91 Å². The van der Waals surface area contributed by atoms with Gasteiger partial charge < -0.3 is 20.3 Å². The summed E-state index contributed by atoms with van der Waals surface area (Å²) in [6.45, 7) is 6.21. The van der Waals surface area contributed by atoms with Gasteiger partial charge in [-0.25, -0.2) is 0 Å². The summed E-state index contributed by atoms with van der Waals surface area (Å²) in [4.78, 5) is 26.1. The predicted octanol–water partition coefficient (Wildman–Crippen LogP) is 15.2. The van der Waals surface area contributed by atoms with Crippen LogP contribution in [0.4, 0.5) is 0 Å². The van der Waals surface area contributed by atoms with E-state index in [0.29, 0.717) is 19.3 Å². The standard InChI is InChI=1S/C55H95NO5/c1-4-7-10-13-16-19-22-25-27-30-33-36-39-42-45-48-55(60)61-51(46-43-40-37-34-31-29-26-23-20-17-14-11-8-5-2)49-54(59)56-52(50-57)53(58)47-44-41-38-35-32-28-24-21-18-15-12-9-6-3/h7-8,10-11,13,16-17,19-20,22,26,29,34,37,51-53,57-58H,4-6,9,12,14-15,18,21,23-25,27-28,30-33,35-36,38-50H2,1-3H3,(H,56,59)/b10-7+,11-8+,16-13+,20-17+,22-19+,29-26+,37-34+. The minimum atomic E-state index is -0.807. The van der Waals surface area contributed by atoms with Crippen LogP contribution in [-0.4, -0.2) is 46.9 Å². The molecule has 0 aromatic rings. The number of carbonyl (C=O) groups is 2. The molecular weight excluding hydrogens is 755 g/mol. The molecule has 3 N–H and O–H groups in total. The fourth-order valence-electron chi connectivity index (χ4n) is 7.25. The van der Waals surface area contributed by atoms with Gasteiger partial charge in [-0.15, -0.1) is 0 Å². The molecule has 61 heavy (non-hydrogen) atoms. The number of hydrogen-bond donors (Lipinski definition) is 3. The maximum atomic E-state index is 13.2. The van der Waals surface area contributed by atoms with Gasteiger partial charge in [-0.2, -0.15) is 0 Å². The molecule has 0 saturated heterocycles. The lowest BCUT2D eigenvalue weighted by Gasteiger charge is -2.24. The zero-order chi connectivity index (χ0) is 44.5. The maximum absolute atomic E-state index is 13.2. The Bertz CT molecular complexity index is 1180. The number of aliphatic hydroxyl groups is 2.